The van der Waals surface area contributed by atoms with E-state index in [4.69, 9.17) is 39.8 Å². The van der Waals surface area contributed by atoms with E-state index < -0.39 is 0 Å². The lowest BCUT2D eigenvalue weighted by Crippen LogP contribution is -2.05. The van der Waals surface area contributed by atoms with Crippen LogP contribution in [0.1, 0.15) is 37.3 Å². The zero-order valence-electron chi connectivity index (χ0n) is 11.0. The van der Waals surface area contributed by atoms with Gasteiger partial charge in [0.1, 0.15) is 5.15 Å². The van der Waals surface area contributed by atoms with E-state index in [-0.39, 0.29) is 0 Å². The Morgan fingerprint density at radius 3 is 2.48 bits per heavy atom. The van der Waals surface area contributed by atoms with Crippen LogP contribution in [0.4, 0.5) is 0 Å². The summed E-state index contributed by atoms with van der Waals surface area (Å²) in [5.74, 6) is 1.02. The van der Waals surface area contributed by atoms with Gasteiger partial charge in [0.05, 0.1) is 19.3 Å². The van der Waals surface area contributed by atoms with Crippen molar-refractivity contribution in [2.24, 2.45) is 0 Å². The Kier molecular flexibility index (Phi) is 4.94. The lowest BCUT2D eigenvalue weighted by molar-refractivity contribution is 0.690. The van der Waals surface area contributed by atoms with E-state index in [0.717, 1.165) is 27.7 Å². The van der Waals surface area contributed by atoms with Crippen LogP contribution < -0.4 is 0 Å². The Hall–Kier alpha value is -0.100. The minimum absolute atomic E-state index is 0.466. The largest absolute Gasteiger partial charge is 0.232 e. The molecule has 0 saturated heterocycles. The van der Waals surface area contributed by atoms with Crippen molar-refractivity contribution in [1.82, 2.24) is 9.97 Å². The van der Waals surface area contributed by atoms with Gasteiger partial charge in [-0.1, -0.05) is 53.7 Å². The summed E-state index contributed by atoms with van der Waals surface area (Å²) < 4.78 is 0.947. The van der Waals surface area contributed by atoms with Gasteiger partial charge in [0.25, 0.3) is 0 Å². The molecule has 1 aliphatic rings. The average Bonchev–Trinajstić information content (AvgIpc) is 2.99. The summed E-state index contributed by atoms with van der Waals surface area (Å²) in [6.07, 6.45) is 4.81. The second-order valence-corrected chi connectivity index (χ2v) is 7.34. The topological polar surface area (TPSA) is 25.8 Å². The highest BCUT2D eigenvalue weighted by atomic mass is 127. The maximum absolute atomic E-state index is 6.30. The zero-order chi connectivity index (χ0) is 15.0. The SMILES string of the molecule is Clc1cccc(-c2nc(Cl)c(I)c(C3CCCC3)n2)c1Cl. The van der Waals surface area contributed by atoms with Gasteiger partial charge in [0.15, 0.2) is 5.82 Å². The minimum Gasteiger partial charge on any atom is -0.232 e. The van der Waals surface area contributed by atoms with Gasteiger partial charge < -0.3 is 0 Å². The van der Waals surface area contributed by atoms with Crippen LogP contribution in [-0.2, 0) is 0 Å². The van der Waals surface area contributed by atoms with Gasteiger partial charge in [-0.3, -0.25) is 0 Å². The Morgan fingerprint density at radius 1 is 1.05 bits per heavy atom. The predicted octanol–water partition coefficient (Wildman–Crippen LogP) is 6.37. The van der Waals surface area contributed by atoms with Gasteiger partial charge in [-0.05, 0) is 47.6 Å². The highest BCUT2D eigenvalue weighted by Gasteiger charge is 2.24. The van der Waals surface area contributed by atoms with E-state index in [1.165, 1.54) is 12.8 Å². The standard InChI is InChI=1S/C15H12Cl3IN2/c16-10-7-3-6-9(11(10)17)15-20-13(8-4-1-2-5-8)12(19)14(18)21-15/h3,6-8H,1-2,4-5H2. The van der Waals surface area contributed by atoms with Crippen molar-refractivity contribution >= 4 is 57.4 Å². The van der Waals surface area contributed by atoms with E-state index in [0.29, 0.717) is 26.9 Å². The van der Waals surface area contributed by atoms with E-state index in [2.05, 4.69) is 27.6 Å². The molecule has 0 atom stereocenters. The van der Waals surface area contributed by atoms with Crippen LogP contribution in [-0.4, -0.2) is 9.97 Å². The second kappa shape index (κ2) is 6.57. The molecule has 0 aliphatic heterocycles. The smallest absolute Gasteiger partial charge is 0.162 e. The molecule has 2 aromatic rings. The van der Waals surface area contributed by atoms with Gasteiger partial charge in [-0.25, -0.2) is 9.97 Å². The van der Waals surface area contributed by atoms with Gasteiger partial charge in [-0.15, -0.1) is 0 Å². The molecule has 1 aromatic heterocycles. The van der Waals surface area contributed by atoms with Crippen LogP contribution >= 0.6 is 57.4 Å². The minimum atomic E-state index is 0.466. The van der Waals surface area contributed by atoms with Crippen molar-refractivity contribution < 1.29 is 0 Å². The summed E-state index contributed by atoms with van der Waals surface area (Å²) in [6, 6.07) is 5.46. The molecule has 110 valence electrons. The lowest BCUT2D eigenvalue weighted by atomic mass is 10.0. The van der Waals surface area contributed by atoms with Crippen LogP contribution in [0, 0.1) is 3.57 Å². The maximum Gasteiger partial charge on any atom is 0.162 e. The number of nitrogens with zero attached hydrogens (tertiary/aromatic N) is 2. The Bertz CT molecular complexity index is 685. The second-order valence-electron chi connectivity index (χ2n) is 5.12. The van der Waals surface area contributed by atoms with E-state index >= 15 is 0 Å². The van der Waals surface area contributed by atoms with E-state index in [1.807, 2.05) is 12.1 Å². The molecule has 2 nitrogen and oxygen atoms in total. The molecular formula is C15H12Cl3IN2. The molecule has 1 heterocycles. The molecule has 1 aromatic carbocycles. The van der Waals surface area contributed by atoms with Crippen LogP contribution in [0.3, 0.4) is 0 Å². The third kappa shape index (κ3) is 3.16. The highest BCUT2D eigenvalue weighted by molar-refractivity contribution is 14.1. The van der Waals surface area contributed by atoms with Crippen LogP contribution in [0.15, 0.2) is 18.2 Å². The molecular weight excluding hydrogens is 441 g/mol. The summed E-state index contributed by atoms with van der Waals surface area (Å²) in [7, 11) is 0. The first-order valence-corrected chi connectivity index (χ1v) is 8.96. The molecule has 1 aliphatic carbocycles. The molecule has 0 unspecified atom stereocenters. The number of halogens is 4. The van der Waals surface area contributed by atoms with Gasteiger partial charge in [-0.2, -0.15) is 0 Å². The third-order valence-corrected chi connectivity index (χ3v) is 6.25. The van der Waals surface area contributed by atoms with Crippen LogP contribution in [0.5, 0.6) is 0 Å². The summed E-state index contributed by atoms with van der Waals surface area (Å²) in [5, 5.41) is 1.45. The van der Waals surface area contributed by atoms with Gasteiger partial charge in [0.2, 0.25) is 0 Å². The number of rotatable bonds is 2. The number of aromatic nitrogens is 2. The maximum atomic E-state index is 6.30. The Balaban J connectivity index is 2.13. The normalized spacial score (nSPS) is 15.6. The highest BCUT2D eigenvalue weighted by Crippen LogP contribution is 2.39. The fourth-order valence-corrected chi connectivity index (χ4v) is 3.95. The molecule has 1 fully saturated rings. The summed E-state index contributed by atoms with van der Waals surface area (Å²) >= 11 is 20.9. The molecule has 0 spiro atoms. The average molecular weight is 454 g/mol. The van der Waals surface area contributed by atoms with Gasteiger partial charge >= 0.3 is 0 Å². The fourth-order valence-electron chi connectivity index (χ4n) is 2.70. The quantitative estimate of drug-likeness (QED) is 0.390. The molecule has 21 heavy (non-hydrogen) atoms. The van der Waals surface area contributed by atoms with Gasteiger partial charge in [0, 0.05) is 11.5 Å². The fraction of sp³-hybridized carbons (Fsp3) is 0.333. The zero-order valence-corrected chi connectivity index (χ0v) is 15.5. The molecule has 0 N–H and O–H groups in total. The first-order valence-electron chi connectivity index (χ1n) is 6.75. The van der Waals surface area contributed by atoms with Crippen molar-refractivity contribution in [3.8, 4) is 11.4 Å². The molecule has 0 bridgehead atoms. The summed E-state index contributed by atoms with van der Waals surface area (Å²) in [6.45, 7) is 0. The number of hydrogen-bond donors (Lipinski definition) is 0. The van der Waals surface area contributed by atoms with E-state index in [1.54, 1.807) is 6.07 Å². The monoisotopic (exact) mass is 452 g/mol. The summed E-state index contributed by atoms with van der Waals surface area (Å²) in [5.41, 5.74) is 1.76. The molecule has 0 radical (unpaired) electrons. The Labute approximate surface area is 152 Å². The van der Waals surface area contributed by atoms with Crippen LogP contribution in [0.2, 0.25) is 15.2 Å². The third-order valence-electron chi connectivity index (χ3n) is 3.77. The first-order chi connectivity index (χ1) is 10.1. The first kappa shape index (κ1) is 15.8. The van der Waals surface area contributed by atoms with Crippen LogP contribution in [0.25, 0.3) is 11.4 Å². The number of benzene rings is 1. The molecule has 1 saturated carbocycles. The predicted molar refractivity (Wildman–Crippen MR) is 96.4 cm³/mol. The van der Waals surface area contributed by atoms with E-state index in [9.17, 15) is 0 Å². The molecule has 6 heteroatoms. The Morgan fingerprint density at radius 2 is 1.76 bits per heavy atom. The number of hydrogen-bond acceptors (Lipinski definition) is 2. The molecule has 3 rings (SSSR count). The van der Waals surface area contributed by atoms with Crippen molar-refractivity contribution in [2.45, 2.75) is 31.6 Å². The summed E-state index contributed by atoms with van der Waals surface area (Å²) in [4.78, 5) is 9.12. The molecule has 0 amide bonds. The lowest BCUT2D eigenvalue weighted by Gasteiger charge is -2.14. The van der Waals surface area contributed by atoms with Crippen molar-refractivity contribution in [2.75, 3.05) is 0 Å². The van der Waals surface area contributed by atoms with Crippen molar-refractivity contribution in [3.63, 3.8) is 0 Å². The van der Waals surface area contributed by atoms with Crippen molar-refractivity contribution in [3.05, 3.63) is 42.7 Å². The van der Waals surface area contributed by atoms with Crippen molar-refractivity contribution in [1.29, 1.82) is 0 Å².